The second-order valence-corrected chi connectivity index (χ2v) is 11.5. The normalized spacial score (nSPS) is 27.2. The number of nitrogens with zero attached hydrogens (tertiary/aromatic N) is 2. The Kier molecular flexibility index (Phi) is 7.77. The summed E-state index contributed by atoms with van der Waals surface area (Å²) < 4.78 is 6.29. The van der Waals surface area contributed by atoms with E-state index in [1.807, 2.05) is 6.08 Å². The van der Waals surface area contributed by atoms with Crippen LogP contribution in [0.2, 0.25) is 0 Å². The van der Waals surface area contributed by atoms with Gasteiger partial charge in [-0.15, -0.1) is 0 Å². The van der Waals surface area contributed by atoms with Crippen molar-refractivity contribution in [2.24, 2.45) is 17.3 Å². The fourth-order valence-corrected chi connectivity index (χ4v) is 5.68. The van der Waals surface area contributed by atoms with Crippen molar-refractivity contribution in [3.05, 3.63) is 77.4 Å². The molecular weight excluding hydrogens is 460 g/mol. The maximum atomic E-state index is 10.9. The first kappa shape index (κ1) is 26.9. The van der Waals surface area contributed by atoms with E-state index in [1.54, 1.807) is 7.11 Å². The fraction of sp³-hybridized carbons (Fsp3) is 0.484. The highest BCUT2D eigenvalue weighted by Gasteiger charge is 2.43. The third-order valence-electron chi connectivity index (χ3n) is 8.27. The van der Waals surface area contributed by atoms with E-state index in [-0.39, 0.29) is 11.8 Å². The Hall–Kier alpha value is -3.14. The second kappa shape index (κ2) is 10.7. The molecule has 3 N–H and O–H groups in total. The lowest BCUT2D eigenvalue weighted by atomic mass is 9.73. The van der Waals surface area contributed by atoms with Crippen LogP contribution in [0, 0.1) is 28.6 Å². The Morgan fingerprint density at radius 1 is 1.32 bits per heavy atom. The average Bonchev–Trinajstić information content (AvgIpc) is 3.34. The van der Waals surface area contributed by atoms with Crippen LogP contribution < -0.4 is 5.32 Å². The summed E-state index contributed by atoms with van der Waals surface area (Å²) in [6.07, 6.45) is 11.4. The van der Waals surface area contributed by atoms with Crippen LogP contribution in [0.15, 0.2) is 49.2 Å². The molecule has 37 heavy (non-hydrogen) atoms. The van der Waals surface area contributed by atoms with Gasteiger partial charge in [0, 0.05) is 19.6 Å². The topological polar surface area (TPSA) is 94.0 Å². The van der Waals surface area contributed by atoms with Gasteiger partial charge in [-0.1, -0.05) is 64.6 Å². The highest BCUT2D eigenvalue weighted by Crippen LogP contribution is 2.45. The third-order valence-corrected chi connectivity index (χ3v) is 8.27. The van der Waals surface area contributed by atoms with Crippen LogP contribution in [-0.4, -0.2) is 28.3 Å². The predicted molar refractivity (Wildman–Crippen MR) is 148 cm³/mol. The van der Waals surface area contributed by atoms with Gasteiger partial charge < -0.3 is 20.1 Å². The number of nitrogens with one attached hydrogen (secondary N) is 2. The average molecular weight is 501 g/mol. The summed E-state index contributed by atoms with van der Waals surface area (Å²) in [4.78, 5) is 7.23. The minimum atomic E-state index is -0.594. The van der Waals surface area contributed by atoms with Gasteiger partial charge in [-0.3, -0.25) is 0 Å². The first-order valence-electron chi connectivity index (χ1n) is 13.2. The maximum Gasteiger partial charge on any atom is 0.153 e. The summed E-state index contributed by atoms with van der Waals surface area (Å²) in [5.41, 5.74) is 5.60. The zero-order chi connectivity index (χ0) is 26.8. The molecule has 2 aliphatic carbocycles. The number of aromatic nitrogens is 2. The Labute approximate surface area is 221 Å². The van der Waals surface area contributed by atoms with Crippen molar-refractivity contribution in [3.63, 3.8) is 0 Å². The number of aliphatic hydroxyl groups is 1. The van der Waals surface area contributed by atoms with E-state index < -0.39 is 11.7 Å². The molecule has 0 saturated heterocycles. The number of allylic oxidation sites excluding steroid dienone is 3. The molecule has 1 aromatic carbocycles. The van der Waals surface area contributed by atoms with E-state index in [9.17, 15) is 5.11 Å². The number of H-pyrrole nitrogens is 1. The van der Waals surface area contributed by atoms with Crippen molar-refractivity contribution >= 4 is 11.3 Å². The van der Waals surface area contributed by atoms with Gasteiger partial charge in [-0.25, -0.2) is 4.98 Å². The molecule has 0 unspecified atom stereocenters. The molecule has 0 amide bonds. The summed E-state index contributed by atoms with van der Waals surface area (Å²) in [5.74, 6) is 0.756. The van der Waals surface area contributed by atoms with Crippen molar-refractivity contribution in [1.82, 2.24) is 15.3 Å². The number of hydrogen-bond donors (Lipinski definition) is 3. The molecule has 1 heterocycles. The molecule has 0 aliphatic heterocycles. The number of methoxy groups -OCH3 is 1. The number of aliphatic hydroxyl groups excluding tert-OH is 1. The molecule has 2 aromatic rings. The van der Waals surface area contributed by atoms with Gasteiger partial charge in [0.2, 0.25) is 0 Å². The minimum absolute atomic E-state index is 0.0946. The number of aromatic amines is 1. The molecular formula is C31H40N4O2. The first-order chi connectivity index (χ1) is 17.6. The molecule has 2 aliphatic rings. The largest absolute Gasteiger partial charge is 0.389 e. The highest BCUT2D eigenvalue weighted by molar-refractivity contribution is 5.70. The van der Waals surface area contributed by atoms with Crippen molar-refractivity contribution in [1.29, 1.82) is 5.26 Å². The number of imidazole rings is 1. The zero-order valence-corrected chi connectivity index (χ0v) is 22.8. The lowest BCUT2D eigenvalue weighted by molar-refractivity contribution is -0.0961. The van der Waals surface area contributed by atoms with Gasteiger partial charge in [-0.2, -0.15) is 5.26 Å². The summed E-state index contributed by atoms with van der Waals surface area (Å²) in [6.45, 7) is 13.6. The molecule has 4 atom stereocenters. The molecule has 0 spiro atoms. The van der Waals surface area contributed by atoms with Gasteiger partial charge in [-0.05, 0) is 65.3 Å². The van der Waals surface area contributed by atoms with Crippen molar-refractivity contribution in [3.8, 4) is 6.07 Å². The molecule has 196 valence electrons. The molecule has 1 aromatic heterocycles. The van der Waals surface area contributed by atoms with Crippen LogP contribution in [0.25, 0.3) is 11.3 Å². The van der Waals surface area contributed by atoms with Crippen LogP contribution >= 0.6 is 0 Å². The summed E-state index contributed by atoms with van der Waals surface area (Å²) in [6, 6.07) is 8.69. The predicted octanol–water partition coefficient (Wildman–Crippen LogP) is 6.07. The Bertz CT molecular complexity index is 1250. The van der Waals surface area contributed by atoms with Gasteiger partial charge in [0.05, 0.1) is 23.6 Å². The Morgan fingerprint density at radius 3 is 2.76 bits per heavy atom. The Balaban J connectivity index is 1.71. The number of rotatable bonds is 7. The van der Waals surface area contributed by atoms with Gasteiger partial charge >= 0.3 is 0 Å². The van der Waals surface area contributed by atoms with Crippen LogP contribution in [0.4, 0.5) is 0 Å². The van der Waals surface area contributed by atoms with E-state index in [0.717, 1.165) is 31.2 Å². The third kappa shape index (κ3) is 5.58. The van der Waals surface area contributed by atoms with E-state index in [1.165, 1.54) is 22.9 Å². The zero-order valence-electron chi connectivity index (χ0n) is 22.8. The van der Waals surface area contributed by atoms with Crippen LogP contribution in [-0.2, 0) is 16.9 Å². The standard InChI is InChI=1S/C31H40N4O2/c1-20-7-10-28(36)21(2)31(16-20,37-6)25-9-8-24(18-33-22(3)29-34-19-26(17-32)35-29)27(15-25)23-11-13-30(4,5)14-12-23/h7-11,15,19-21,28,33,36H,3,12-14,16,18H2,1-2,4-6H3,(H,34,35)/t20-,21+,28+,31+/m0/s1. The van der Waals surface area contributed by atoms with Crippen LogP contribution in [0.5, 0.6) is 0 Å². The van der Waals surface area contributed by atoms with Crippen molar-refractivity contribution in [2.75, 3.05) is 7.11 Å². The Morgan fingerprint density at radius 2 is 2.11 bits per heavy atom. The van der Waals surface area contributed by atoms with Gasteiger partial charge in [0.15, 0.2) is 5.82 Å². The molecule has 0 saturated carbocycles. The number of benzene rings is 1. The lowest BCUT2D eigenvalue weighted by Gasteiger charge is -2.40. The van der Waals surface area contributed by atoms with E-state index in [0.29, 0.717) is 29.2 Å². The van der Waals surface area contributed by atoms with Crippen LogP contribution in [0.3, 0.4) is 0 Å². The summed E-state index contributed by atoms with van der Waals surface area (Å²) >= 11 is 0. The summed E-state index contributed by atoms with van der Waals surface area (Å²) in [7, 11) is 1.77. The first-order valence-corrected chi connectivity index (χ1v) is 13.2. The van der Waals surface area contributed by atoms with E-state index in [4.69, 9.17) is 10.00 Å². The molecule has 0 bridgehead atoms. The molecule has 4 rings (SSSR count). The summed E-state index contributed by atoms with van der Waals surface area (Å²) in [5, 5.41) is 23.4. The molecule has 0 radical (unpaired) electrons. The lowest BCUT2D eigenvalue weighted by Crippen LogP contribution is -2.41. The van der Waals surface area contributed by atoms with Gasteiger partial charge in [0.1, 0.15) is 11.8 Å². The molecule has 0 fully saturated rings. The second-order valence-electron chi connectivity index (χ2n) is 11.5. The smallest absolute Gasteiger partial charge is 0.153 e. The maximum absolute atomic E-state index is 10.9. The van der Waals surface area contributed by atoms with Gasteiger partial charge in [0.25, 0.3) is 0 Å². The van der Waals surface area contributed by atoms with E-state index >= 15 is 0 Å². The number of nitriles is 1. The van der Waals surface area contributed by atoms with Crippen LogP contribution in [0.1, 0.15) is 81.6 Å². The monoisotopic (exact) mass is 500 g/mol. The van der Waals surface area contributed by atoms with Crippen molar-refractivity contribution < 1.29 is 9.84 Å². The fourth-order valence-electron chi connectivity index (χ4n) is 5.68. The minimum Gasteiger partial charge on any atom is -0.389 e. The highest BCUT2D eigenvalue weighted by atomic mass is 16.5. The number of ether oxygens (including phenoxy) is 1. The van der Waals surface area contributed by atoms with E-state index in [2.05, 4.69) is 86.0 Å². The quantitative estimate of drug-likeness (QED) is 0.401. The molecule has 6 nitrogen and oxygen atoms in total. The van der Waals surface area contributed by atoms with Crippen molar-refractivity contribution in [2.45, 2.75) is 71.6 Å². The SMILES string of the molecule is C=C(NCc1ccc([C@@]2(OC)C[C@@H](C)C=C[C@@H](O)[C@H]2C)cc1C1=CCC(C)(C)CC1)c1ncc(C#N)[nH]1. The molecule has 6 heteroatoms. The number of hydrogen-bond acceptors (Lipinski definition) is 5.